The molecule has 0 aromatic carbocycles. The summed E-state index contributed by atoms with van der Waals surface area (Å²) in [7, 11) is 3.87. The highest BCUT2D eigenvalue weighted by molar-refractivity contribution is 5.83. The number of nitrogens with zero attached hydrogens (tertiary/aromatic N) is 1. The van der Waals surface area contributed by atoms with Crippen molar-refractivity contribution < 1.29 is 14.3 Å². The van der Waals surface area contributed by atoms with Crippen molar-refractivity contribution in [2.75, 3.05) is 27.2 Å². The number of likely N-dealkylation sites (N-methyl/N-ethyl adjacent to an activating group) is 1. The van der Waals surface area contributed by atoms with Crippen LogP contribution < -0.4 is 0 Å². The molecule has 0 amide bonds. The maximum atomic E-state index is 12.2. The highest BCUT2D eigenvalue weighted by Gasteiger charge is 2.40. The standard InChI is InChI=1S/C15H29NO3/c1-8-15(5,11-14(3,4)12(2)17)13(18)19-10-9-16(6)7/h8-11H2,1-7H3. The van der Waals surface area contributed by atoms with Gasteiger partial charge in [0.05, 0.1) is 5.41 Å². The Labute approximate surface area is 117 Å². The van der Waals surface area contributed by atoms with Gasteiger partial charge in [-0.05, 0) is 40.8 Å². The summed E-state index contributed by atoms with van der Waals surface area (Å²) in [5.74, 6) is -0.0977. The third-order valence-electron chi connectivity index (χ3n) is 3.83. The molecule has 0 aliphatic rings. The fourth-order valence-corrected chi connectivity index (χ4v) is 1.94. The summed E-state index contributed by atoms with van der Waals surface area (Å²) in [6, 6.07) is 0. The summed E-state index contributed by atoms with van der Waals surface area (Å²) in [6.07, 6.45) is 1.19. The predicted octanol–water partition coefficient (Wildman–Crippen LogP) is 2.51. The predicted molar refractivity (Wildman–Crippen MR) is 77.0 cm³/mol. The van der Waals surface area contributed by atoms with Gasteiger partial charge in [0.15, 0.2) is 0 Å². The Balaban J connectivity index is 4.67. The fourth-order valence-electron chi connectivity index (χ4n) is 1.94. The minimum Gasteiger partial charge on any atom is -0.464 e. The molecule has 0 fully saturated rings. The van der Waals surface area contributed by atoms with Crippen molar-refractivity contribution in [3.8, 4) is 0 Å². The number of carbonyl (C=O) groups excluding carboxylic acids is 2. The van der Waals surface area contributed by atoms with Crippen molar-refractivity contribution >= 4 is 11.8 Å². The van der Waals surface area contributed by atoms with Crippen LogP contribution in [0.3, 0.4) is 0 Å². The number of ketones is 1. The molecule has 0 saturated carbocycles. The van der Waals surface area contributed by atoms with Crippen molar-refractivity contribution in [2.45, 2.75) is 47.5 Å². The Morgan fingerprint density at radius 2 is 1.68 bits per heavy atom. The summed E-state index contributed by atoms with van der Waals surface area (Å²) in [4.78, 5) is 25.8. The molecule has 0 N–H and O–H groups in total. The molecule has 4 heteroatoms. The maximum Gasteiger partial charge on any atom is 0.311 e. The zero-order valence-electron chi connectivity index (χ0n) is 13.5. The van der Waals surface area contributed by atoms with Gasteiger partial charge < -0.3 is 9.64 Å². The van der Waals surface area contributed by atoms with E-state index in [4.69, 9.17) is 4.74 Å². The zero-order chi connectivity index (χ0) is 15.3. The highest BCUT2D eigenvalue weighted by Crippen LogP contribution is 2.38. The minimum absolute atomic E-state index is 0.105. The number of ether oxygens (including phenoxy) is 1. The lowest BCUT2D eigenvalue weighted by molar-refractivity contribution is -0.158. The molecule has 0 aliphatic heterocycles. The van der Waals surface area contributed by atoms with Crippen molar-refractivity contribution in [3.63, 3.8) is 0 Å². The zero-order valence-corrected chi connectivity index (χ0v) is 13.5. The SMILES string of the molecule is CCC(C)(CC(C)(C)C(C)=O)C(=O)OCCN(C)C. The van der Waals surface area contributed by atoms with Crippen LogP contribution >= 0.6 is 0 Å². The van der Waals surface area contributed by atoms with Crippen LogP contribution in [0.2, 0.25) is 0 Å². The molecule has 19 heavy (non-hydrogen) atoms. The van der Waals surface area contributed by atoms with E-state index in [1.54, 1.807) is 6.92 Å². The Morgan fingerprint density at radius 1 is 1.16 bits per heavy atom. The lowest BCUT2D eigenvalue weighted by atomic mass is 9.71. The van der Waals surface area contributed by atoms with Gasteiger partial charge in [-0.2, -0.15) is 0 Å². The fraction of sp³-hybridized carbons (Fsp3) is 0.867. The summed E-state index contributed by atoms with van der Waals surface area (Å²) in [5, 5.41) is 0. The molecule has 0 saturated heterocycles. The van der Waals surface area contributed by atoms with Crippen LogP contribution in [0.4, 0.5) is 0 Å². The number of Topliss-reactive ketones (excluding diaryl/α,β-unsaturated/α-hetero) is 1. The monoisotopic (exact) mass is 271 g/mol. The van der Waals surface area contributed by atoms with Crippen LogP contribution in [0.1, 0.15) is 47.5 Å². The van der Waals surface area contributed by atoms with Gasteiger partial charge in [-0.1, -0.05) is 20.8 Å². The first-order chi connectivity index (χ1) is 8.55. The second-order valence-electron chi connectivity index (χ2n) is 6.47. The normalized spacial score (nSPS) is 15.2. The Kier molecular flexibility index (Phi) is 6.70. The van der Waals surface area contributed by atoms with Gasteiger partial charge in [0.2, 0.25) is 0 Å². The molecule has 0 bridgehead atoms. The van der Waals surface area contributed by atoms with E-state index in [1.165, 1.54) is 0 Å². The second-order valence-corrected chi connectivity index (χ2v) is 6.47. The Hall–Kier alpha value is -0.900. The number of hydrogen-bond donors (Lipinski definition) is 0. The molecule has 1 atom stereocenters. The molecule has 0 aromatic rings. The smallest absolute Gasteiger partial charge is 0.311 e. The molecule has 0 heterocycles. The van der Waals surface area contributed by atoms with Crippen molar-refractivity contribution in [1.82, 2.24) is 4.90 Å². The topological polar surface area (TPSA) is 46.6 Å². The maximum absolute atomic E-state index is 12.2. The average molecular weight is 271 g/mol. The van der Waals surface area contributed by atoms with E-state index in [-0.39, 0.29) is 11.8 Å². The molecule has 0 rings (SSSR count). The third kappa shape index (κ3) is 5.72. The second kappa shape index (κ2) is 7.04. The van der Waals surface area contributed by atoms with Gasteiger partial charge in [-0.3, -0.25) is 9.59 Å². The molecule has 0 spiro atoms. The van der Waals surface area contributed by atoms with Crippen molar-refractivity contribution in [2.24, 2.45) is 10.8 Å². The quantitative estimate of drug-likeness (QED) is 0.636. The average Bonchev–Trinajstić information content (AvgIpc) is 2.27. The summed E-state index contributed by atoms with van der Waals surface area (Å²) in [6.45, 7) is 10.3. The Bertz CT molecular complexity index is 323. The largest absolute Gasteiger partial charge is 0.464 e. The summed E-state index contributed by atoms with van der Waals surface area (Å²) < 4.78 is 5.34. The number of hydrogen-bond acceptors (Lipinski definition) is 4. The van der Waals surface area contributed by atoms with E-state index in [2.05, 4.69) is 0 Å². The van der Waals surface area contributed by atoms with Gasteiger partial charge >= 0.3 is 5.97 Å². The van der Waals surface area contributed by atoms with Crippen LogP contribution in [0.5, 0.6) is 0 Å². The molecule has 0 aliphatic carbocycles. The number of carbonyl (C=O) groups is 2. The number of esters is 1. The van der Waals surface area contributed by atoms with E-state index < -0.39 is 10.8 Å². The van der Waals surface area contributed by atoms with Crippen molar-refractivity contribution in [3.05, 3.63) is 0 Å². The minimum atomic E-state index is -0.596. The lowest BCUT2D eigenvalue weighted by Gasteiger charge is -2.33. The van der Waals surface area contributed by atoms with E-state index in [9.17, 15) is 9.59 Å². The molecule has 1 unspecified atom stereocenters. The Morgan fingerprint density at radius 3 is 2.05 bits per heavy atom. The van der Waals surface area contributed by atoms with Gasteiger partial charge in [-0.25, -0.2) is 0 Å². The molecular weight excluding hydrogens is 242 g/mol. The van der Waals surface area contributed by atoms with Crippen LogP contribution in [0.15, 0.2) is 0 Å². The summed E-state index contributed by atoms with van der Waals surface area (Å²) >= 11 is 0. The van der Waals surface area contributed by atoms with E-state index >= 15 is 0 Å². The molecule has 4 nitrogen and oxygen atoms in total. The molecule has 0 aromatic heterocycles. The van der Waals surface area contributed by atoms with Crippen LogP contribution in [0, 0.1) is 10.8 Å². The number of rotatable bonds is 8. The first kappa shape index (κ1) is 18.1. The van der Waals surface area contributed by atoms with Gasteiger partial charge in [0.1, 0.15) is 12.4 Å². The molecular formula is C15H29NO3. The van der Waals surface area contributed by atoms with Crippen LogP contribution in [-0.4, -0.2) is 43.9 Å². The first-order valence-corrected chi connectivity index (χ1v) is 6.88. The van der Waals surface area contributed by atoms with Gasteiger partial charge in [0, 0.05) is 12.0 Å². The lowest BCUT2D eigenvalue weighted by Crippen LogP contribution is -2.37. The van der Waals surface area contributed by atoms with E-state index in [0.717, 1.165) is 0 Å². The molecule has 112 valence electrons. The van der Waals surface area contributed by atoms with Crippen LogP contribution in [0.25, 0.3) is 0 Å². The van der Waals surface area contributed by atoms with E-state index in [0.29, 0.717) is 26.0 Å². The highest BCUT2D eigenvalue weighted by atomic mass is 16.5. The first-order valence-electron chi connectivity index (χ1n) is 6.88. The van der Waals surface area contributed by atoms with E-state index in [1.807, 2.05) is 46.7 Å². The summed E-state index contributed by atoms with van der Waals surface area (Å²) in [5.41, 5.74) is -1.09. The van der Waals surface area contributed by atoms with Gasteiger partial charge in [0.25, 0.3) is 0 Å². The molecule has 0 radical (unpaired) electrons. The van der Waals surface area contributed by atoms with Crippen molar-refractivity contribution in [1.29, 1.82) is 0 Å². The van der Waals surface area contributed by atoms with Crippen LogP contribution in [-0.2, 0) is 14.3 Å². The third-order valence-corrected chi connectivity index (χ3v) is 3.83. The van der Waals surface area contributed by atoms with Gasteiger partial charge in [-0.15, -0.1) is 0 Å².